The third-order valence-corrected chi connectivity index (χ3v) is 6.20. The Bertz CT molecular complexity index is 979. The van der Waals surface area contributed by atoms with Gasteiger partial charge in [-0.05, 0) is 36.2 Å². The first-order chi connectivity index (χ1) is 14.5. The minimum Gasteiger partial charge on any atom is -0.326 e. The molecule has 1 fully saturated rings. The number of hydrogen-bond donors (Lipinski definition) is 2. The summed E-state index contributed by atoms with van der Waals surface area (Å²) in [5.41, 5.74) is 2.79. The lowest BCUT2D eigenvalue weighted by Crippen LogP contribution is -2.52. The number of aryl methyl sites for hydroxylation is 1. The topological polar surface area (TPSA) is 73.8 Å². The zero-order chi connectivity index (χ0) is 21.1. The molecule has 0 unspecified atom stereocenters. The van der Waals surface area contributed by atoms with Crippen molar-refractivity contribution in [2.45, 2.75) is 31.8 Å². The number of carbonyl (C=O) groups is 2. The van der Waals surface area contributed by atoms with Crippen LogP contribution in [0.5, 0.6) is 0 Å². The van der Waals surface area contributed by atoms with Gasteiger partial charge in [0.2, 0.25) is 5.91 Å². The molecular formula is C23H25BrN4O2. The Hall–Kier alpha value is -2.51. The minimum atomic E-state index is -0.554. The Balaban J connectivity index is 1.35. The van der Waals surface area contributed by atoms with E-state index >= 15 is 0 Å². The van der Waals surface area contributed by atoms with Crippen molar-refractivity contribution in [2.75, 3.05) is 25.0 Å². The average molecular weight is 469 g/mol. The summed E-state index contributed by atoms with van der Waals surface area (Å²) in [5, 5.41) is 6.06. The van der Waals surface area contributed by atoms with Crippen molar-refractivity contribution >= 4 is 39.1 Å². The smallest absolute Gasteiger partial charge is 0.272 e. The molecule has 2 heterocycles. The monoisotopic (exact) mass is 468 g/mol. The average Bonchev–Trinajstić information content (AvgIpc) is 3.06. The molecule has 2 aromatic rings. The summed E-state index contributed by atoms with van der Waals surface area (Å²) in [6.45, 7) is 3.85. The lowest BCUT2D eigenvalue weighted by Gasteiger charge is -2.36. The van der Waals surface area contributed by atoms with E-state index in [-0.39, 0.29) is 11.8 Å². The number of carbonyl (C=O) groups excluding carboxylic acids is 2. The van der Waals surface area contributed by atoms with Crippen LogP contribution in [0.1, 0.15) is 30.9 Å². The van der Waals surface area contributed by atoms with Gasteiger partial charge in [-0.1, -0.05) is 47.1 Å². The number of nitrogens with one attached hydrogen (secondary N) is 2. The fourth-order valence-corrected chi connectivity index (χ4v) is 4.22. The van der Waals surface area contributed by atoms with Crippen LogP contribution in [0.25, 0.3) is 0 Å². The van der Waals surface area contributed by atoms with Crippen LogP contribution >= 0.6 is 15.9 Å². The third kappa shape index (κ3) is 4.63. The van der Waals surface area contributed by atoms with Crippen LogP contribution in [-0.2, 0) is 16.0 Å². The zero-order valence-electron chi connectivity index (χ0n) is 17.0. The molecule has 0 radical (unpaired) electrons. The van der Waals surface area contributed by atoms with Crippen LogP contribution in [0.4, 0.5) is 5.69 Å². The SMILES string of the molecule is CCc1cccc(NC(=O)CN2CCC3(CC2)N=C(c2ccc(Br)cc2)C(=O)N3)c1. The molecule has 0 bridgehead atoms. The fraction of sp³-hybridized carbons (Fsp3) is 0.348. The summed E-state index contributed by atoms with van der Waals surface area (Å²) in [5.74, 6) is -0.145. The molecule has 0 aliphatic carbocycles. The summed E-state index contributed by atoms with van der Waals surface area (Å²) >= 11 is 3.41. The number of amides is 2. The zero-order valence-corrected chi connectivity index (χ0v) is 18.5. The van der Waals surface area contributed by atoms with Crippen molar-refractivity contribution in [3.63, 3.8) is 0 Å². The standard InChI is InChI=1S/C23H25BrN4O2/c1-2-16-4-3-5-19(14-16)25-20(29)15-28-12-10-23(11-13-28)26-21(22(30)27-23)17-6-8-18(24)9-7-17/h3-9,14H,2,10-13,15H2,1H3,(H,25,29)(H,27,30). The second-order valence-electron chi connectivity index (χ2n) is 7.83. The molecule has 156 valence electrons. The van der Waals surface area contributed by atoms with Crippen LogP contribution in [-0.4, -0.2) is 47.7 Å². The number of likely N-dealkylation sites (tertiary alicyclic amines) is 1. The molecule has 1 spiro atoms. The Labute approximate surface area is 184 Å². The number of hydrogen-bond acceptors (Lipinski definition) is 4. The van der Waals surface area contributed by atoms with Crippen molar-refractivity contribution in [1.29, 1.82) is 0 Å². The van der Waals surface area contributed by atoms with E-state index in [0.717, 1.165) is 22.1 Å². The molecule has 0 atom stereocenters. The van der Waals surface area contributed by atoms with Crippen LogP contribution in [0, 0.1) is 0 Å². The quantitative estimate of drug-likeness (QED) is 0.706. The van der Waals surface area contributed by atoms with E-state index in [1.807, 2.05) is 42.5 Å². The highest BCUT2D eigenvalue weighted by molar-refractivity contribution is 9.10. The summed E-state index contributed by atoms with van der Waals surface area (Å²) in [4.78, 5) is 31.9. The molecule has 2 aliphatic heterocycles. The predicted octanol–water partition coefficient (Wildman–Crippen LogP) is 3.36. The number of halogens is 1. The maximum Gasteiger partial charge on any atom is 0.272 e. The first-order valence-electron chi connectivity index (χ1n) is 10.3. The summed E-state index contributed by atoms with van der Waals surface area (Å²) in [7, 11) is 0. The Morgan fingerprint density at radius 1 is 1.20 bits per heavy atom. The summed E-state index contributed by atoms with van der Waals surface area (Å²) in [6.07, 6.45) is 2.32. The van der Waals surface area contributed by atoms with Gasteiger partial charge in [-0.2, -0.15) is 0 Å². The van der Waals surface area contributed by atoms with Crippen molar-refractivity contribution in [1.82, 2.24) is 10.2 Å². The Morgan fingerprint density at radius 3 is 2.63 bits per heavy atom. The van der Waals surface area contributed by atoms with Gasteiger partial charge >= 0.3 is 0 Å². The van der Waals surface area contributed by atoms with Gasteiger partial charge in [-0.15, -0.1) is 0 Å². The number of rotatable bonds is 5. The Morgan fingerprint density at radius 2 is 1.93 bits per heavy atom. The first kappa shape index (κ1) is 20.8. The van der Waals surface area contributed by atoms with Gasteiger partial charge in [0.15, 0.2) is 0 Å². The van der Waals surface area contributed by atoms with Gasteiger partial charge < -0.3 is 10.6 Å². The second kappa shape index (κ2) is 8.70. The first-order valence-corrected chi connectivity index (χ1v) is 11.1. The number of piperidine rings is 1. The van der Waals surface area contributed by atoms with E-state index < -0.39 is 5.66 Å². The molecule has 0 saturated carbocycles. The van der Waals surface area contributed by atoms with E-state index in [2.05, 4.69) is 44.5 Å². The second-order valence-corrected chi connectivity index (χ2v) is 8.75. The van der Waals surface area contributed by atoms with Crippen LogP contribution in [0.15, 0.2) is 58.0 Å². The summed E-state index contributed by atoms with van der Waals surface area (Å²) < 4.78 is 0.966. The maximum absolute atomic E-state index is 12.5. The van der Waals surface area contributed by atoms with Crippen molar-refractivity contribution in [3.8, 4) is 0 Å². The molecule has 2 aliphatic rings. The van der Waals surface area contributed by atoms with Crippen molar-refractivity contribution in [2.24, 2.45) is 4.99 Å². The summed E-state index contributed by atoms with van der Waals surface area (Å²) in [6, 6.07) is 15.6. The molecule has 30 heavy (non-hydrogen) atoms. The lowest BCUT2D eigenvalue weighted by atomic mass is 9.98. The molecule has 4 rings (SSSR count). The number of anilines is 1. The predicted molar refractivity (Wildman–Crippen MR) is 122 cm³/mol. The van der Waals surface area contributed by atoms with Crippen LogP contribution in [0.2, 0.25) is 0 Å². The van der Waals surface area contributed by atoms with Gasteiger partial charge in [0.1, 0.15) is 11.4 Å². The van der Waals surface area contributed by atoms with Crippen molar-refractivity contribution in [3.05, 3.63) is 64.1 Å². The number of benzene rings is 2. The highest BCUT2D eigenvalue weighted by atomic mass is 79.9. The number of nitrogens with zero attached hydrogens (tertiary/aromatic N) is 2. The van der Waals surface area contributed by atoms with E-state index in [0.29, 0.717) is 38.2 Å². The van der Waals surface area contributed by atoms with E-state index in [4.69, 9.17) is 4.99 Å². The number of aliphatic imine (C=N–C) groups is 1. The molecule has 1 saturated heterocycles. The molecular weight excluding hydrogens is 444 g/mol. The maximum atomic E-state index is 12.5. The Kier molecular flexibility index (Phi) is 6.01. The normalized spacial score (nSPS) is 18.2. The third-order valence-electron chi connectivity index (χ3n) is 5.67. The molecule has 2 amide bonds. The highest BCUT2D eigenvalue weighted by Crippen LogP contribution is 2.29. The molecule has 7 heteroatoms. The van der Waals surface area contributed by atoms with E-state index in [9.17, 15) is 9.59 Å². The van der Waals surface area contributed by atoms with E-state index in [1.165, 1.54) is 5.56 Å². The lowest BCUT2D eigenvalue weighted by molar-refractivity contribution is -0.119. The fourth-order valence-electron chi connectivity index (χ4n) is 3.96. The molecule has 2 aromatic carbocycles. The molecule has 6 nitrogen and oxygen atoms in total. The highest BCUT2D eigenvalue weighted by Gasteiger charge is 2.42. The van der Waals surface area contributed by atoms with Gasteiger partial charge in [-0.3, -0.25) is 19.5 Å². The van der Waals surface area contributed by atoms with Crippen LogP contribution < -0.4 is 10.6 Å². The molecule has 2 N–H and O–H groups in total. The van der Waals surface area contributed by atoms with Gasteiger partial charge in [-0.25, -0.2) is 0 Å². The van der Waals surface area contributed by atoms with Gasteiger partial charge in [0.05, 0.1) is 6.54 Å². The van der Waals surface area contributed by atoms with Crippen molar-refractivity contribution < 1.29 is 9.59 Å². The minimum absolute atomic E-state index is 0.0197. The van der Waals surface area contributed by atoms with E-state index in [1.54, 1.807) is 0 Å². The van der Waals surface area contributed by atoms with Crippen LogP contribution in [0.3, 0.4) is 0 Å². The largest absolute Gasteiger partial charge is 0.326 e. The van der Waals surface area contributed by atoms with Gasteiger partial charge in [0.25, 0.3) is 5.91 Å². The van der Waals surface area contributed by atoms with Gasteiger partial charge in [0, 0.05) is 41.7 Å². The molecule has 0 aromatic heterocycles.